The predicted octanol–water partition coefficient (Wildman–Crippen LogP) is 4.93. The summed E-state index contributed by atoms with van der Waals surface area (Å²) < 4.78 is 11.4. The quantitative estimate of drug-likeness (QED) is 0.402. The third kappa shape index (κ3) is 3.62. The van der Waals surface area contributed by atoms with E-state index in [9.17, 15) is 24.6 Å². The number of fused-ring (bicyclic) bond motifs is 4. The molecule has 2 aliphatic rings. The number of phenolic OH excluding ortho intramolecular Hbond substituents is 1. The number of carbonyl (C=O) groups excluding carboxylic acids is 3. The molecule has 1 heterocycles. The summed E-state index contributed by atoms with van der Waals surface area (Å²) in [6.07, 6.45) is 1.18. The minimum absolute atomic E-state index is 0.00130. The average molecular weight is 528 g/mol. The summed E-state index contributed by atoms with van der Waals surface area (Å²) >= 11 is 0. The number of hydrogen-bond acceptors (Lipinski definition) is 7. The van der Waals surface area contributed by atoms with Crippen molar-refractivity contribution < 1.29 is 34.1 Å². The molecule has 0 aromatic heterocycles. The van der Waals surface area contributed by atoms with Gasteiger partial charge < -0.3 is 25.0 Å². The van der Waals surface area contributed by atoms with Gasteiger partial charge in [-0.25, -0.2) is 0 Å². The molecule has 0 bridgehead atoms. The van der Waals surface area contributed by atoms with E-state index in [1.807, 2.05) is 25.1 Å². The van der Waals surface area contributed by atoms with Crippen LogP contribution in [0.2, 0.25) is 0 Å². The van der Waals surface area contributed by atoms with Gasteiger partial charge in [0.1, 0.15) is 39.6 Å². The van der Waals surface area contributed by atoms with Crippen LogP contribution in [0.25, 0.3) is 10.8 Å². The van der Waals surface area contributed by atoms with Crippen LogP contribution in [0.5, 0.6) is 17.2 Å². The van der Waals surface area contributed by atoms with Gasteiger partial charge in [0, 0.05) is 18.7 Å². The van der Waals surface area contributed by atoms with Crippen molar-refractivity contribution in [3.63, 3.8) is 0 Å². The smallest absolute Gasteiger partial charge is 0.259 e. The number of hydrogen-bond donors (Lipinski definition) is 3. The lowest BCUT2D eigenvalue weighted by Crippen LogP contribution is -2.38. The standard InChI is InChI=1S/C31H29NO7/c1-14-15(2)18-9-7-8-10-19(18)20(16(14)3)13-32-30(37)26-23(38-6)11-22(35)27-28(26)39-24-12-21(34)25(17(4)33)29(36)31(24,27)5/h7-12,34-35H,13H2,1-6H3,(H,32,37)/t31-/m1/s1. The third-order valence-corrected chi connectivity index (χ3v) is 8.09. The zero-order chi connectivity index (χ0) is 28.4. The van der Waals surface area contributed by atoms with Crippen LogP contribution in [0.4, 0.5) is 0 Å². The number of rotatable bonds is 5. The Balaban J connectivity index is 1.60. The summed E-state index contributed by atoms with van der Waals surface area (Å²) in [5.74, 6) is -2.77. The van der Waals surface area contributed by atoms with E-state index in [-0.39, 0.29) is 40.7 Å². The van der Waals surface area contributed by atoms with Crippen LogP contribution in [0.3, 0.4) is 0 Å². The minimum Gasteiger partial charge on any atom is -0.507 e. The largest absolute Gasteiger partial charge is 0.507 e. The maximum atomic E-state index is 13.7. The number of ether oxygens (including phenoxy) is 2. The molecule has 5 rings (SSSR count). The number of benzene rings is 3. The fourth-order valence-corrected chi connectivity index (χ4v) is 5.69. The van der Waals surface area contributed by atoms with E-state index in [0.717, 1.165) is 27.5 Å². The van der Waals surface area contributed by atoms with E-state index in [2.05, 4.69) is 25.2 Å². The number of aryl methyl sites for hydroxylation is 1. The second kappa shape index (κ2) is 9.01. The summed E-state index contributed by atoms with van der Waals surface area (Å²) in [5.41, 5.74) is 2.37. The van der Waals surface area contributed by atoms with Gasteiger partial charge in [0.25, 0.3) is 5.91 Å². The maximum absolute atomic E-state index is 13.7. The van der Waals surface area contributed by atoms with Gasteiger partial charge >= 0.3 is 0 Å². The Morgan fingerprint density at radius 2 is 1.72 bits per heavy atom. The Bertz CT molecular complexity index is 1700. The van der Waals surface area contributed by atoms with Gasteiger partial charge in [0.2, 0.25) is 0 Å². The SMILES string of the molecule is COc1cc(O)c2c(c1C(=O)NCc1c(C)c(C)c(C)c3ccccc13)OC1=CC(O)=C(C(C)=O)C(=O)[C@]12C. The average Bonchev–Trinajstić information content (AvgIpc) is 3.20. The van der Waals surface area contributed by atoms with Gasteiger partial charge in [-0.2, -0.15) is 0 Å². The number of carbonyl (C=O) groups is 3. The van der Waals surface area contributed by atoms with Crippen molar-refractivity contribution in [2.75, 3.05) is 7.11 Å². The molecule has 0 unspecified atom stereocenters. The second-order valence-corrected chi connectivity index (χ2v) is 10.1. The van der Waals surface area contributed by atoms with Crippen LogP contribution < -0.4 is 14.8 Å². The fraction of sp³-hybridized carbons (Fsp3) is 0.258. The first-order valence-corrected chi connectivity index (χ1v) is 12.5. The van der Waals surface area contributed by atoms with Gasteiger partial charge in [-0.3, -0.25) is 14.4 Å². The number of aliphatic hydroxyl groups excluding tert-OH is 1. The van der Waals surface area contributed by atoms with Gasteiger partial charge in [-0.15, -0.1) is 0 Å². The Kier molecular flexibility index (Phi) is 6.01. The molecule has 0 saturated heterocycles. The summed E-state index contributed by atoms with van der Waals surface area (Å²) in [6, 6.07) is 9.26. The first-order chi connectivity index (χ1) is 18.4. The predicted molar refractivity (Wildman–Crippen MR) is 145 cm³/mol. The maximum Gasteiger partial charge on any atom is 0.259 e. The van der Waals surface area contributed by atoms with E-state index in [4.69, 9.17) is 9.47 Å². The highest BCUT2D eigenvalue weighted by Gasteiger charge is 2.55. The van der Waals surface area contributed by atoms with E-state index in [1.165, 1.54) is 38.7 Å². The molecule has 3 aromatic carbocycles. The van der Waals surface area contributed by atoms with Crippen molar-refractivity contribution in [1.82, 2.24) is 5.32 Å². The van der Waals surface area contributed by atoms with Crippen LogP contribution in [-0.4, -0.2) is 34.8 Å². The number of aromatic hydroxyl groups is 1. The van der Waals surface area contributed by atoms with Crippen molar-refractivity contribution in [3.8, 4) is 17.2 Å². The molecular formula is C31H29NO7. The summed E-state index contributed by atoms with van der Waals surface area (Å²) in [6.45, 7) is 9.02. The highest BCUT2D eigenvalue weighted by Crippen LogP contribution is 2.56. The lowest BCUT2D eigenvalue weighted by Gasteiger charge is -2.27. The fourth-order valence-electron chi connectivity index (χ4n) is 5.69. The Labute approximate surface area is 225 Å². The summed E-state index contributed by atoms with van der Waals surface area (Å²) in [7, 11) is 1.36. The van der Waals surface area contributed by atoms with Gasteiger partial charge in [-0.1, -0.05) is 24.3 Å². The molecule has 1 amide bonds. The van der Waals surface area contributed by atoms with Crippen molar-refractivity contribution in [1.29, 1.82) is 0 Å². The van der Waals surface area contributed by atoms with Gasteiger partial charge in [-0.05, 0) is 67.6 Å². The zero-order valence-electron chi connectivity index (χ0n) is 22.6. The molecular weight excluding hydrogens is 498 g/mol. The number of phenols is 1. The molecule has 0 spiro atoms. The molecule has 1 aliphatic carbocycles. The Hall–Kier alpha value is -4.59. The first kappa shape index (κ1) is 26.0. The van der Waals surface area contributed by atoms with Crippen LogP contribution in [-0.2, 0) is 21.5 Å². The number of nitrogens with one attached hydrogen (secondary N) is 1. The Morgan fingerprint density at radius 1 is 1.05 bits per heavy atom. The van der Waals surface area contributed by atoms with E-state index < -0.39 is 34.2 Å². The van der Waals surface area contributed by atoms with Gasteiger partial charge in [0.05, 0.1) is 12.7 Å². The lowest BCUT2D eigenvalue weighted by molar-refractivity contribution is -0.123. The van der Waals surface area contributed by atoms with Crippen molar-refractivity contribution in [2.24, 2.45) is 0 Å². The molecule has 0 saturated carbocycles. The molecule has 0 radical (unpaired) electrons. The normalized spacial score (nSPS) is 17.9. The van der Waals surface area contributed by atoms with E-state index in [0.29, 0.717) is 0 Å². The third-order valence-electron chi connectivity index (χ3n) is 8.09. The molecule has 39 heavy (non-hydrogen) atoms. The van der Waals surface area contributed by atoms with Crippen LogP contribution in [0.1, 0.15) is 52.0 Å². The summed E-state index contributed by atoms with van der Waals surface area (Å²) in [5, 5.41) is 26.4. The van der Waals surface area contributed by atoms with E-state index >= 15 is 0 Å². The highest BCUT2D eigenvalue weighted by molar-refractivity contribution is 6.25. The highest BCUT2D eigenvalue weighted by atomic mass is 16.5. The van der Waals surface area contributed by atoms with Crippen LogP contribution >= 0.6 is 0 Å². The molecule has 1 aliphatic heterocycles. The molecule has 8 heteroatoms. The number of amides is 1. The van der Waals surface area contributed by atoms with Crippen molar-refractivity contribution >= 4 is 28.2 Å². The molecule has 3 N–H and O–H groups in total. The lowest BCUT2D eigenvalue weighted by atomic mass is 9.71. The zero-order valence-corrected chi connectivity index (χ0v) is 22.6. The molecule has 1 atom stereocenters. The van der Waals surface area contributed by atoms with E-state index in [1.54, 1.807) is 0 Å². The minimum atomic E-state index is -1.62. The molecule has 8 nitrogen and oxygen atoms in total. The molecule has 0 fully saturated rings. The number of ketones is 2. The summed E-state index contributed by atoms with van der Waals surface area (Å²) in [4.78, 5) is 39.3. The van der Waals surface area contributed by atoms with Crippen molar-refractivity contribution in [2.45, 2.75) is 46.6 Å². The number of allylic oxidation sites excluding steroid dienone is 3. The molecule has 200 valence electrons. The Morgan fingerprint density at radius 3 is 2.36 bits per heavy atom. The van der Waals surface area contributed by atoms with Crippen molar-refractivity contribution in [3.05, 3.63) is 86.9 Å². The number of aliphatic hydroxyl groups is 1. The monoisotopic (exact) mass is 527 g/mol. The second-order valence-electron chi connectivity index (χ2n) is 10.1. The first-order valence-electron chi connectivity index (χ1n) is 12.5. The number of methoxy groups -OCH3 is 1. The topological polar surface area (TPSA) is 122 Å². The number of Topliss-reactive ketones (excluding diaryl/α,β-unsaturated/α-hetero) is 2. The van der Waals surface area contributed by atoms with Gasteiger partial charge in [0.15, 0.2) is 17.3 Å². The molecule has 3 aromatic rings. The van der Waals surface area contributed by atoms with Crippen LogP contribution in [0, 0.1) is 20.8 Å². The van der Waals surface area contributed by atoms with Crippen LogP contribution in [0.15, 0.2) is 53.5 Å².